The average Bonchev–Trinajstić information content (AvgIpc) is 3.03. The van der Waals surface area contributed by atoms with Crippen LogP contribution < -0.4 is 10.3 Å². The number of ether oxygens (including phenoxy) is 1. The smallest absolute Gasteiger partial charge is 0.251 e. The van der Waals surface area contributed by atoms with E-state index in [0.717, 1.165) is 39.0 Å². The van der Waals surface area contributed by atoms with Gasteiger partial charge in [0, 0.05) is 17.6 Å². The highest BCUT2D eigenvalue weighted by molar-refractivity contribution is 5.99. The number of hydrogen-bond donors (Lipinski definition) is 0. The Labute approximate surface area is 162 Å². The van der Waals surface area contributed by atoms with Crippen molar-refractivity contribution < 1.29 is 9.26 Å². The molecule has 0 saturated heterocycles. The van der Waals surface area contributed by atoms with Gasteiger partial charge < -0.3 is 13.8 Å². The fourth-order valence-electron chi connectivity index (χ4n) is 3.68. The molecule has 0 aliphatic heterocycles. The summed E-state index contributed by atoms with van der Waals surface area (Å²) < 4.78 is 12.8. The summed E-state index contributed by atoms with van der Waals surface area (Å²) in [7, 11) is 1.62. The van der Waals surface area contributed by atoms with Crippen molar-refractivity contribution in [2.24, 2.45) is 0 Å². The van der Waals surface area contributed by atoms with Gasteiger partial charge >= 0.3 is 0 Å². The lowest BCUT2D eigenvalue weighted by Gasteiger charge is -2.18. The standard InChI is InChI=1S/C22H21N3O3/c1-13-11-19(26)25(12-16-7-5-6-10-23-16)22-17(13)8-9-18(27-4)21(22)20-14(2)24-28-15(20)3/h5-11H,12H2,1-4H3. The quantitative estimate of drug-likeness (QED) is 0.538. The van der Waals surface area contributed by atoms with E-state index in [9.17, 15) is 4.79 Å². The summed E-state index contributed by atoms with van der Waals surface area (Å²) in [5, 5.41) is 5.08. The molecule has 0 fully saturated rings. The molecule has 0 atom stereocenters. The van der Waals surface area contributed by atoms with Crippen LogP contribution in [0.1, 0.15) is 22.7 Å². The van der Waals surface area contributed by atoms with Gasteiger partial charge in [0.05, 0.1) is 41.7 Å². The second-order valence-electron chi connectivity index (χ2n) is 6.81. The molecule has 6 nitrogen and oxygen atoms in total. The zero-order valence-electron chi connectivity index (χ0n) is 16.3. The molecule has 0 bridgehead atoms. The Bertz CT molecular complexity index is 1200. The van der Waals surface area contributed by atoms with Gasteiger partial charge in [0.25, 0.3) is 5.56 Å². The van der Waals surface area contributed by atoms with Gasteiger partial charge in [-0.2, -0.15) is 0 Å². The minimum Gasteiger partial charge on any atom is -0.496 e. The molecule has 4 rings (SSSR count). The maximum Gasteiger partial charge on any atom is 0.251 e. The van der Waals surface area contributed by atoms with Crippen molar-refractivity contribution in [3.63, 3.8) is 0 Å². The predicted molar refractivity (Wildman–Crippen MR) is 108 cm³/mol. The van der Waals surface area contributed by atoms with Crippen molar-refractivity contribution in [1.29, 1.82) is 0 Å². The van der Waals surface area contributed by atoms with Crippen LogP contribution in [0, 0.1) is 20.8 Å². The molecule has 0 saturated carbocycles. The molecule has 0 aliphatic carbocycles. The highest BCUT2D eigenvalue weighted by Gasteiger charge is 2.22. The molecule has 28 heavy (non-hydrogen) atoms. The van der Waals surface area contributed by atoms with Crippen molar-refractivity contribution in [2.45, 2.75) is 27.3 Å². The molecule has 0 radical (unpaired) electrons. The number of aryl methyl sites for hydroxylation is 3. The molecule has 6 heteroatoms. The van der Waals surface area contributed by atoms with E-state index in [-0.39, 0.29) is 5.56 Å². The highest BCUT2D eigenvalue weighted by Crippen LogP contribution is 2.40. The Kier molecular flexibility index (Phi) is 4.47. The summed E-state index contributed by atoms with van der Waals surface area (Å²) in [4.78, 5) is 17.4. The Morgan fingerprint density at radius 1 is 1.11 bits per heavy atom. The normalized spacial score (nSPS) is 11.1. The van der Waals surface area contributed by atoms with Crippen LogP contribution in [0.4, 0.5) is 0 Å². The van der Waals surface area contributed by atoms with Gasteiger partial charge in [0.1, 0.15) is 11.5 Å². The number of aromatic nitrogens is 3. The molecule has 0 amide bonds. The van der Waals surface area contributed by atoms with Crippen molar-refractivity contribution >= 4 is 10.9 Å². The first-order chi connectivity index (χ1) is 13.5. The molecule has 4 aromatic rings. The van der Waals surface area contributed by atoms with E-state index in [1.807, 2.05) is 51.1 Å². The van der Waals surface area contributed by atoms with E-state index < -0.39 is 0 Å². The second-order valence-corrected chi connectivity index (χ2v) is 6.81. The maximum atomic E-state index is 13.0. The van der Waals surface area contributed by atoms with Gasteiger partial charge in [-0.3, -0.25) is 9.78 Å². The Balaban J connectivity index is 2.14. The van der Waals surface area contributed by atoms with E-state index in [4.69, 9.17) is 9.26 Å². The fraction of sp³-hybridized carbons (Fsp3) is 0.227. The van der Waals surface area contributed by atoms with E-state index in [2.05, 4.69) is 10.1 Å². The molecular formula is C22H21N3O3. The molecule has 3 heterocycles. The van der Waals surface area contributed by atoms with Crippen molar-refractivity contribution in [1.82, 2.24) is 14.7 Å². The molecule has 0 aliphatic rings. The third-order valence-electron chi connectivity index (χ3n) is 4.99. The van der Waals surface area contributed by atoms with Gasteiger partial charge in [-0.15, -0.1) is 0 Å². The Hall–Kier alpha value is -3.41. The Morgan fingerprint density at radius 3 is 2.57 bits per heavy atom. The summed E-state index contributed by atoms with van der Waals surface area (Å²) in [5.74, 6) is 1.35. The minimum absolute atomic E-state index is 0.0862. The first kappa shape index (κ1) is 18.0. The molecule has 3 aromatic heterocycles. The van der Waals surface area contributed by atoms with E-state index in [1.54, 1.807) is 23.9 Å². The van der Waals surface area contributed by atoms with E-state index in [1.165, 1.54) is 0 Å². The summed E-state index contributed by atoms with van der Waals surface area (Å²) in [5.41, 5.74) is 4.84. The van der Waals surface area contributed by atoms with Gasteiger partial charge in [-0.25, -0.2) is 0 Å². The number of benzene rings is 1. The molecule has 0 spiro atoms. The topological polar surface area (TPSA) is 70.2 Å². The first-order valence-electron chi connectivity index (χ1n) is 9.05. The zero-order chi connectivity index (χ0) is 19.8. The summed E-state index contributed by atoms with van der Waals surface area (Å²) in [6, 6.07) is 11.3. The number of hydrogen-bond acceptors (Lipinski definition) is 5. The van der Waals surface area contributed by atoms with Crippen LogP contribution in [0.5, 0.6) is 5.75 Å². The summed E-state index contributed by atoms with van der Waals surface area (Å²) >= 11 is 0. The lowest BCUT2D eigenvalue weighted by molar-refractivity contribution is 0.393. The molecule has 142 valence electrons. The predicted octanol–water partition coefficient (Wildman–Crippen LogP) is 4.03. The van der Waals surface area contributed by atoms with Gasteiger partial charge in [0.2, 0.25) is 0 Å². The van der Waals surface area contributed by atoms with Crippen LogP contribution in [0.25, 0.3) is 22.0 Å². The monoisotopic (exact) mass is 375 g/mol. The lowest BCUT2D eigenvalue weighted by Crippen LogP contribution is -2.22. The third-order valence-corrected chi connectivity index (χ3v) is 4.99. The minimum atomic E-state index is -0.0862. The number of rotatable bonds is 4. The molecule has 1 aromatic carbocycles. The number of nitrogens with zero attached hydrogens (tertiary/aromatic N) is 3. The van der Waals surface area contributed by atoms with Crippen molar-refractivity contribution in [3.8, 4) is 16.9 Å². The third kappa shape index (κ3) is 2.87. The molecule has 0 unspecified atom stereocenters. The van der Waals surface area contributed by atoms with Crippen molar-refractivity contribution in [2.75, 3.05) is 7.11 Å². The SMILES string of the molecule is COc1ccc2c(C)cc(=O)n(Cc3ccccn3)c2c1-c1c(C)noc1C. The largest absolute Gasteiger partial charge is 0.496 e. The van der Waals surface area contributed by atoms with Crippen LogP contribution >= 0.6 is 0 Å². The van der Waals surface area contributed by atoms with Gasteiger partial charge in [-0.05, 0) is 50.6 Å². The summed E-state index contributed by atoms with van der Waals surface area (Å²) in [6.07, 6.45) is 1.73. The van der Waals surface area contributed by atoms with Crippen LogP contribution in [-0.2, 0) is 6.54 Å². The van der Waals surface area contributed by atoms with Crippen LogP contribution in [0.3, 0.4) is 0 Å². The van der Waals surface area contributed by atoms with Crippen molar-refractivity contribution in [3.05, 3.63) is 75.7 Å². The second kappa shape index (κ2) is 6.96. The van der Waals surface area contributed by atoms with E-state index >= 15 is 0 Å². The van der Waals surface area contributed by atoms with Gasteiger partial charge in [-0.1, -0.05) is 11.2 Å². The zero-order valence-corrected chi connectivity index (χ0v) is 16.3. The van der Waals surface area contributed by atoms with Crippen LogP contribution in [0.2, 0.25) is 0 Å². The van der Waals surface area contributed by atoms with Crippen LogP contribution in [0.15, 0.2) is 51.9 Å². The average molecular weight is 375 g/mol. The Morgan fingerprint density at radius 2 is 1.93 bits per heavy atom. The summed E-state index contributed by atoms with van der Waals surface area (Å²) in [6.45, 7) is 6.06. The molecular weight excluding hydrogens is 354 g/mol. The maximum absolute atomic E-state index is 13.0. The number of pyridine rings is 2. The molecule has 0 N–H and O–H groups in total. The lowest BCUT2D eigenvalue weighted by atomic mass is 9.97. The first-order valence-corrected chi connectivity index (χ1v) is 9.05. The van der Waals surface area contributed by atoms with Gasteiger partial charge in [0.15, 0.2) is 0 Å². The fourth-order valence-corrected chi connectivity index (χ4v) is 3.68. The number of fused-ring (bicyclic) bond motifs is 1. The van der Waals surface area contributed by atoms with Crippen LogP contribution in [-0.4, -0.2) is 21.8 Å². The number of methoxy groups -OCH3 is 1. The highest BCUT2D eigenvalue weighted by atomic mass is 16.5. The van der Waals surface area contributed by atoms with E-state index in [0.29, 0.717) is 18.1 Å².